The number of aryl methyl sites for hydroxylation is 1. The van der Waals surface area contributed by atoms with Crippen molar-refractivity contribution in [3.8, 4) is 0 Å². The summed E-state index contributed by atoms with van der Waals surface area (Å²) in [5, 5.41) is 0. The van der Waals surface area contributed by atoms with E-state index in [2.05, 4.69) is 11.6 Å². The largest absolute Gasteiger partial charge is 0.398 e. The zero-order chi connectivity index (χ0) is 15.3. The molecule has 0 fully saturated rings. The summed E-state index contributed by atoms with van der Waals surface area (Å²) in [6.45, 7) is 2.15. The van der Waals surface area contributed by atoms with Gasteiger partial charge in [0, 0.05) is 5.69 Å². The molecule has 0 saturated carbocycles. The van der Waals surface area contributed by atoms with E-state index in [1.807, 2.05) is 12.1 Å². The Labute approximate surface area is 126 Å². The molecule has 5 heteroatoms. The number of hydrogen-bond donors (Lipinski definition) is 2. The second-order valence-corrected chi connectivity index (χ2v) is 6.59. The molecule has 2 aromatic carbocycles. The van der Waals surface area contributed by atoms with Gasteiger partial charge in [-0.05, 0) is 42.7 Å². The van der Waals surface area contributed by atoms with E-state index in [1.165, 1.54) is 11.6 Å². The normalized spacial score (nSPS) is 11.3. The molecule has 4 nitrogen and oxygen atoms in total. The van der Waals surface area contributed by atoms with E-state index in [-0.39, 0.29) is 10.6 Å². The number of anilines is 2. The summed E-state index contributed by atoms with van der Waals surface area (Å²) in [7, 11) is -3.65. The molecule has 0 heterocycles. The Morgan fingerprint density at radius 1 is 1.05 bits per heavy atom. The summed E-state index contributed by atoms with van der Waals surface area (Å²) < 4.78 is 27.1. The Morgan fingerprint density at radius 3 is 2.33 bits per heavy atom. The highest BCUT2D eigenvalue weighted by Crippen LogP contribution is 2.21. The van der Waals surface area contributed by atoms with Crippen LogP contribution in [0, 0.1) is 0 Å². The van der Waals surface area contributed by atoms with Crippen LogP contribution in [0.4, 0.5) is 11.4 Å². The predicted molar refractivity (Wildman–Crippen MR) is 86.7 cm³/mol. The number of rotatable bonds is 6. The molecule has 0 amide bonds. The highest BCUT2D eigenvalue weighted by atomic mass is 32.2. The topological polar surface area (TPSA) is 72.2 Å². The van der Waals surface area contributed by atoms with Crippen LogP contribution in [0.2, 0.25) is 0 Å². The van der Waals surface area contributed by atoms with Gasteiger partial charge >= 0.3 is 0 Å². The molecule has 0 aliphatic heterocycles. The molecule has 0 aliphatic rings. The third kappa shape index (κ3) is 3.98. The number of sulfonamides is 1. The maximum atomic E-state index is 12.3. The summed E-state index contributed by atoms with van der Waals surface area (Å²) in [6, 6.07) is 13.9. The number of unbranched alkanes of at least 4 members (excludes halogenated alkanes) is 1. The van der Waals surface area contributed by atoms with Crippen LogP contribution >= 0.6 is 0 Å². The molecule has 0 aliphatic carbocycles. The average molecular weight is 304 g/mol. The van der Waals surface area contributed by atoms with Crippen molar-refractivity contribution in [2.24, 2.45) is 0 Å². The number of nitrogens with two attached hydrogens (primary N) is 1. The highest BCUT2D eigenvalue weighted by molar-refractivity contribution is 7.92. The van der Waals surface area contributed by atoms with Crippen molar-refractivity contribution in [2.75, 3.05) is 10.5 Å². The van der Waals surface area contributed by atoms with E-state index in [9.17, 15) is 8.42 Å². The summed E-state index contributed by atoms with van der Waals surface area (Å²) >= 11 is 0. The predicted octanol–water partition coefficient (Wildman–Crippen LogP) is 3.41. The maximum absolute atomic E-state index is 12.3. The number of nitrogen functional groups attached to an aromatic ring is 1. The van der Waals surface area contributed by atoms with Crippen LogP contribution < -0.4 is 10.5 Å². The molecule has 2 rings (SSSR count). The van der Waals surface area contributed by atoms with Gasteiger partial charge in [-0.25, -0.2) is 8.42 Å². The lowest BCUT2D eigenvalue weighted by Gasteiger charge is -2.10. The van der Waals surface area contributed by atoms with Gasteiger partial charge in [-0.1, -0.05) is 37.6 Å². The van der Waals surface area contributed by atoms with Crippen LogP contribution in [0.1, 0.15) is 25.3 Å². The minimum atomic E-state index is -3.65. The number of benzene rings is 2. The fourth-order valence-corrected chi connectivity index (χ4v) is 3.25. The Bertz CT molecular complexity index is 694. The summed E-state index contributed by atoms with van der Waals surface area (Å²) in [5.74, 6) is 0. The SMILES string of the molecule is CCCCc1ccc(NS(=O)(=O)c2ccccc2N)cc1. The van der Waals surface area contributed by atoms with E-state index in [1.54, 1.807) is 30.3 Å². The van der Waals surface area contributed by atoms with Gasteiger partial charge in [-0.3, -0.25) is 4.72 Å². The van der Waals surface area contributed by atoms with E-state index < -0.39 is 10.0 Å². The fraction of sp³-hybridized carbons (Fsp3) is 0.250. The molecule has 0 radical (unpaired) electrons. The highest BCUT2D eigenvalue weighted by Gasteiger charge is 2.16. The lowest BCUT2D eigenvalue weighted by molar-refractivity contribution is 0.601. The van der Waals surface area contributed by atoms with Crippen molar-refractivity contribution >= 4 is 21.4 Å². The second kappa shape index (κ2) is 6.63. The van der Waals surface area contributed by atoms with Crippen molar-refractivity contribution in [3.63, 3.8) is 0 Å². The molecule has 112 valence electrons. The zero-order valence-electron chi connectivity index (χ0n) is 12.0. The van der Waals surface area contributed by atoms with Crippen molar-refractivity contribution < 1.29 is 8.42 Å². The Hall–Kier alpha value is -2.01. The zero-order valence-corrected chi connectivity index (χ0v) is 12.9. The van der Waals surface area contributed by atoms with Crippen LogP contribution in [0.3, 0.4) is 0 Å². The first-order chi connectivity index (χ1) is 10.0. The Morgan fingerprint density at radius 2 is 1.71 bits per heavy atom. The maximum Gasteiger partial charge on any atom is 0.263 e. The molecule has 0 atom stereocenters. The monoisotopic (exact) mass is 304 g/mol. The van der Waals surface area contributed by atoms with Gasteiger partial charge in [0.2, 0.25) is 0 Å². The molecular formula is C16H20N2O2S. The van der Waals surface area contributed by atoms with E-state index in [0.29, 0.717) is 5.69 Å². The van der Waals surface area contributed by atoms with Gasteiger partial charge in [0.1, 0.15) is 4.90 Å². The number of para-hydroxylation sites is 1. The Balaban J connectivity index is 2.16. The lowest BCUT2D eigenvalue weighted by atomic mass is 10.1. The molecule has 0 unspecified atom stereocenters. The van der Waals surface area contributed by atoms with Crippen LogP contribution in [-0.4, -0.2) is 8.42 Å². The molecule has 0 bridgehead atoms. The van der Waals surface area contributed by atoms with E-state index >= 15 is 0 Å². The van der Waals surface area contributed by atoms with Gasteiger partial charge in [0.15, 0.2) is 0 Å². The van der Waals surface area contributed by atoms with Gasteiger partial charge in [0.25, 0.3) is 10.0 Å². The van der Waals surface area contributed by atoms with Crippen molar-refractivity contribution in [2.45, 2.75) is 31.1 Å². The van der Waals surface area contributed by atoms with E-state index in [0.717, 1.165) is 19.3 Å². The molecular weight excluding hydrogens is 284 g/mol. The average Bonchev–Trinajstić information content (AvgIpc) is 2.46. The van der Waals surface area contributed by atoms with Crippen molar-refractivity contribution in [1.29, 1.82) is 0 Å². The number of nitrogens with one attached hydrogen (secondary N) is 1. The van der Waals surface area contributed by atoms with Gasteiger partial charge in [0.05, 0.1) is 5.69 Å². The van der Waals surface area contributed by atoms with Crippen LogP contribution in [0.25, 0.3) is 0 Å². The Kier molecular flexibility index (Phi) is 4.85. The minimum Gasteiger partial charge on any atom is -0.398 e. The van der Waals surface area contributed by atoms with Crippen LogP contribution in [0.15, 0.2) is 53.4 Å². The third-order valence-electron chi connectivity index (χ3n) is 3.23. The first-order valence-electron chi connectivity index (χ1n) is 6.99. The van der Waals surface area contributed by atoms with Gasteiger partial charge < -0.3 is 5.73 Å². The number of hydrogen-bond acceptors (Lipinski definition) is 3. The van der Waals surface area contributed by atoms with Gasteiger partial charge in [-0.15, -0.1) is 0 Å². The molecule has 3 N–H and O–H groups in total. The van der Waals surface area contributed by atoms with E-state index in [4.69, 9.17) is 5.73 Å². The standard InChI is InChI=1S/C16H20N2O2S/c1-2-3-6-13-9-11-14(12-10-13)18-21(19,20)16-8-5-4-7-15(16)17/h4-5,7-12,18H,2-3,6,17H2,1H3. The molecule has 0 aromatic heterocycles. The quantitative estimate of drug-likeness (QED) is 0.803. The third-order valence-corrected chi connectivity index (χ3v) is 4.69. The smallest absolute Gasteiger partial charge is 0.263 e. The molecule has 2 aromatic rings. The molecule has 0 saturated heterocycles. The fourth-order valence-electron chi connectivity index (χ4n) is 2.06. The summed E-state index contributed by atoms with van der Waals surface area (Å²) in [6.07, 6.45) is 3.28. The van der Waals surface area contributed by atoms with Crippen LogP contribution in [-0.2, 0) is 16.4 Å². The summed E-state index contributed by atoms with van der Waals surface area (Å²) in [5.41, 5.74) is 7.71. The van der Waals surface area contributed by atoms with Crippen LogP contribution in [0.5, 0.6) is 0 Å². The van der Waals surface area contributed by atoms with Crippen molar-refractivity contribution in [1.82, 2.24) is 0 Å². The first-order valence-corrected chi connectivity index (χ1v) is 8.47. The lowest BCUT2D eigenvalue weighted by Crippen LogP contribution is -2.14. The van der Waals surface area contributed by atoms with Crippen molar-refractivity contribution in [3.05, 3.63) is 54.1 Å². The minimum absolute atomic E-state index is 0.0973. The molecule has 21 heavy (non-hydrogen) atoms. The first kappa shape index (κ1) is 15.4. The van der Waals surface area contributed by atoms with Gasteiger partial charge in [-0.2, -0.15) is 0 Å². The molecule has 0 spiro atoms. The summed E-state index contributed by atoms with van der Waals surface area (Å²) in [4.78, 5) is 0.0973. The second-order valence-electron chi connectivity index (χ2n) is 4.94.